The van der Waals surface area contributed by atoms with Gasteiger partial charge in [0.15, 0.2) is 0 Å². The van der Waals surface area contributed by atoms with Crippen molar-refractivity contribution in [2.45, 2.75) is 19.4 Å². The Morgan fingerprint density at radius 2 is 2.00 bits per heavy atom. The SMILES string of the molecule is Cc1ccc(C#N)cc1NC(=O)[C@@H](N)Cc1ccccc1. The summed E-state index contributed by atoms with van der Waals surface area (Å²) in [6.45, 7) is 1.87. The summed E-state index contributed by atoms with van der Waals surface area (Å²) < 4.78 is 0. The summed E-state index contributed by atoms with van der Waals surface area (Å²) in [7, 11) is 0. The van der Waals surface area contributed by atoms with Gasteiger partial charge in [0.1, 0.15) is 0 Å². The molecule has 2 aromatic rings. The third kappa shape index (κ3) is 3.91. The molecule has 0 fully saturated rings. The van der Waals surface area contributed by atoms with Crippen LogP contribution in [0.25, 0.3) is 0 Å². The number of nitrogens with two attached hydrogens (primary N) is 1. The molecule has 1 atom stereocenters. The number of carbonyl (C=O) groups excluding carboxylic acids is 1. The van der Waals surface area contributed by atoms with Crippen LogP contribution in [0.3, 0.4) is 0 Å². The number of nitrogens with zero attached hydrogens (tertiary/aromatic N) is 1. The van der Waals surface area contributed by atoms with E-state index in [1.165, 1.54) is 0 Å². The normalized spacial score (nSPS) is 11.5. The summed E-state index contributed by atoms with van der Waals surface area (Å²) >= 11 is 0. The maximum atomic E-state index is 12.1. The minimum Gasteiger partial charge on any atom is -0.324 e. The van der Waals surface area contributed by atoms with Crippen molar-refractivity contribution in [3.05, 3.63) is 65.2 Å². The van der Waals surface area contributed by atoms with Gasteiger partial charge in [-0.2, -0.15) is 5.26 Å². The molecule has 0 spiro atoms. The van der Waals surface area contributed by atoms with E-state index in [2.05, 4.69) is 11.4 Å². The predicted molar refractivity (Wildman–Crippen MR) is 82.6 cm³/mol. The highest BCUT2D eigenvalue weighted by atomic mass is 16.2. The molecule has 0 saturated heterocycles. The molecule has 0 radical (unpaired) electrons. The molecule has 0 saturated carbocycles. The van der Waals surface area contributed by atoms with Crippen molar-refractivity contribution in [2.75, 3.05) is 5.32 Å². The second-order valence-electron chi connectivity index (χ2n) is 4.93. The van der Waals surface area contributed by atoms with Crippen molar-refractivity contribution in [3.8, 4) is 6.07 Å². The Labute approximate surface area is 124 Å². The Balaban J connectivity index is 2.06. The van der Waals surface area contributed by atoms with E-state index in [0.29, 0.717) is 17.7 Å². The van der Waals surface area contributed by atoms with Crippen molar-refractivity contribution < 1.29 is 4.79 Å². The van der Waals surface area contributed by atoms with E-state index in [-0.39, 0.29) is 5.91 Å². The summed E-state index contributed by atoms with van der Waals surface area (Å²) in [6, 6.07) is 16.2. The summed E-state index contributed by atoms with van der Waals surface area (Å²) in [4.78, 5) is 12.1. The van der Waals surface area contributed by atoms with Crippen LogP contribution in [0.4, 0.5) is 5.69 Å². The highest BCUT2D eigenvalue weighted by Gasteiger charge is 2.15. The van der Waals surface area contributed by atoms with Gasteiger partial charge in [0, 0.05) is 5.69 Å². The molecular formula is C17H17N3O. The number of nitriles is 1. The van der Waals surface area contributed by atoms with Gasteiger partial charge in [0.25, 0.3) is 0 Å². The van der Waals surface area contributed by atoms with Crippen molar-refractivity contribution >= 4 is 11.6 Å². The molecule has 0 aromatic heterocycles. The number of hydrogen-bond acceptors (Lipinski definition) is 3. The summed E-state index contributed by atoms with van der Waals surface area (Å²) in [5.74, 6) is -0.253. The van der Waals surface area contributed by atoms with E-state index in [1.54, 1.807) is 18.2 Å². The van der Waals surface area contributed by atoms with Gasteiger partial charge < -0.3 is 11.1 Å². The first kappa shape index (κ1) is 14.8. The van der Waals surface area contributed by atoms with Crippen LogP contribution in [-0.2, 0) is 11.2 Å². The molecule has 106 valence electrons. The first-order chi connectivity index (χ1) is 10.1. The maximum Gasteiger partial charge on any atom is 0.241 e. The van der Waals surface area contributed by atoms with Crippen LogP contribution >= 0.6 is 0 Å². The first-order valence-corrected chi connectivity index (χ1v) is 6.71. The number of amides is 1. The van der Waals surface area contributed by atoms with Gasteiger partial charge in [-0.25, -0.2) is 0 Å². The van der Waals surface area contributed by atoms with Crippen molar-refractivity contribution in [2.24, 2.45) is 5.73 Å². The fourth-order valence-corrected chi connectivity index (χ4v) is 2.01. The number of nitrogens with one attached hydrogen (secondary N) is 1. The highest BCUT2D eigenvalue weighted by molar-refractivity contribution is 5.95. The van der Waals surface area contributed by atoms with E-state index < -0.39 is 6.04 Å². The minimum absolute atomic E-state index is 0.253. The molecule has 0 aliphatic rings. The fraction of sp³-hybridized carbons (Fsp3) is 0.176. The summed E-state index contributed by atoms with van der Waals surface area (Å²) in [5.41, 5.74) is 8.99. The molecule has 0 aliphatic heterocycles. The first-order valence-electron chi connectivity index (χ1n) is 6.71. The lowest BCUT2D eigenvalue weighted by atomic mass is 10.1. The van der Waals surface area contributed by atoms with Gasteiger partial charge in [-0.1, -0.05) is 36.4 Å². The Kier molecular flexibility index (Phi) is 4.70. The molecule has 0 aliphatic carbocycles. The second-order valence-corrected chi connectivity index (χ2v) is 4.93. The number of benzene rings is 2. The molecule has 0 heterocycles. The van der Waals surface area contributed by atoms with Gasteiger partial charge >= 0.3 is 0 Å². The van der Waals surface area contributed by atoms with Crippen LogP contribution in [0.5, 0.6) is 0 Å². The van der Waals surface area contributed by atoms with E-state index in [0.717, 1.165) is 11.1 Å². The van der Waals surface area contributed by atoms with Crippen LogP contribution in [0, 0.1) is 18.3 Å². The lowest BCUT2D eigenvalue weighted by Crippen LogP contribution is -2.37. The maximum absolute atomic E-state index is 12.1. The molecule has 3 N–H and O–H groups in total. The second kappa shape index (κ2) is 6.69. The number of aryl methyl sites for hydroxylation is 1. The Morgan fingerprint density at radius 3 is 2.67 bits per heavy atom. The molecule has 4 heteroatoms. The molecule has 0 bridgehead atoms. The third-order valence-electron chi connectivity index (χ3n) is 3.26. The van der Waals surface area contributed by atoms with Gasteiger partial charge in [-0.3, -0.25) is 4.79 Å². The van der Waals surface area contributed by atoms with E-state index >= 15 is 0 Å². The third-order valence-corrected chi connectivity index (χ3v) is 3.26. The van der Waals surface area contributed by atoms with Gasteiger partial charge in [-0.05, 0) is 36.6 Å². The molecule has 4 nitrogen and oxygen atoms in total. The standard InChI is InChI=1S/C17H17N3O/c1-12-7-8-14(11-18)10-16(12)20-17(21)15(19)9-13-5-3-2-4-6-13/h2-8,10,15H,9,19H2,1H3,(H,20,21)/t15-/m0/s1. The summed E-state index contributed by atoms with van der Waals surface area (Å²) in [6.07, 6.45) is 0.476. The van der Waals surface area contributed by atoms with Crippen LogP contribution in [0.2, 0.25) is 0 Å². The van der Waals surface area contributed by atoms with Crippen molar-refractivity contribution in [1.29, 1.82) is 5.26 Å². The Bertz CT molecular complexity index is 674. The number of carbonyl (C=O) groups is 1. The van der Waals surface area contributed by atoms with Gasteiger partial charge in [0.2, 0.25) is 5.91 Å². The smallest absolute Gasteiger partial charge is 0.241 e. The van der Waals surface area contributed by atoms with E-state index in [1.807, 2.05) is 37.3 Å². The van der Waals surface area contributed by atoms with E-state index in [4.69, 9.17) is 11.0 Å². The molecule has 0 unspecified atom stereocenters. The molecule has 21 heavy (non-hydrogen) atoms. The molecule has 1 amide bonds. The van der Waals surface area contributed by atoms with Gasteiger partial charge in [-0.15, -0.1) is 0 Å². The number of hydrogen-bond donors (Lipinski definition) is 2. The number of anilines is 1. The molecule has 2 rings (SSSR count). The topological polar surface area (TPSA) is 78.9 Å². The van der Waals surface area contributed by atoms with Crippen LogP contribution in [-0.4, -0.2) is 11.9 Å². The zero-order valence-electron chi connectivity index (χ0n) is 11.8. The zero-order valence-corrected chi connectivity index (χ0v) is 11.8. The monoisotopic (exact) mass is 279 g/mol. The summed E-state index contributed by atoms with van der Waals surface area (Å²) in [5, 5.41) is 11.7. The lowest BCUT2D eigenvalue weighted by Gasteiger charge is -2.14. The molecule has 2 aromatic carbocycles. The minimum atomic E-state index is -0.627. The Morgan fingerprint density at radius 1 is 1.29 bits per heavy atom. The Hall–Kier alpha value is -2.64. The quantitative estimate of drug-likeness (QED) is 0.901. The molecular weight excluding hydrogens is 262 g/mol. The zero-order chi connectivity index (χ0) is 15.2. The van der Waals surface area contributed by atoms with Crippen molar-refractivity contribution in [1.82, 2.24) is 0 Å². The largest absolute Gasteiger partial charge is 0.324 e. The predicted octanol–water partition coefficient (Wildman–Crippen LogP) is 2.38. The van der Waals surface area contributed by atoms with Crippen molar-refractivity contribution in [3.63, 3.8) is 0 Å². The lowest BCUT2D eigenvalue weighted by molar-refractivity contribution is -0.117. The fourth-order valence-electron chi connectivity index (χ4n) is 2.01. The van der Waals surface area contributed by atoms with Crippen LogP contribution in [0.15, 0.2) is 48.5 Å². The average Bonchev–Trinajstić information content (AvgIpc) is 2.50. The van der Waals surface area contributed by atoms with Crippen LogP contribution < -0.4 is 11.1 Å². The highest BCUT2D eigenvalue weighted by Crippen LogP contribution is 2.17. The van der Waals surface area contributed by atoms with Gasteiger partial charge in [0.05, 0.1) is 17.7 Å². The van der Waals surface area contributed by atoms with Crippen LogP contribution in [0.1, 0.15) is 16.7 Å². The number of rotatable bonds is 4. The van der Waals surface area contributed by atoms with E-state index in [9.17, 15) is 4.79 Å². The average molecular weight is 279 g/mol.